The van der Waals surface area contributed by atoms with Crippen LogP contribution in [0.25, 0.3) is 0 Å². The van der Waals surface area contributed by atoms with Crippen molar-refractivity contribution in [1.82, 2.24) is 9.99 Å². The van der Waals surface area contributed by atoms with Crippen molar-refractivity contribution in [3.05, 3.63) is 35.4 Å². The molecule has 9 heteroatoms. The molecule has 0 aromatic heterocycles. The molecule has 1 saturated heterocycles. The predicted octanol–water partition coefficient (Wildman–Crippen LogP) is 1.01. The summed E-state index contributed by atoms with van der Waals surface area (Å²) in [4.78, 5) is 37.3. The summed E-state index contributed by atoms with van der Waals surface area (Å²) >= 11 is 4.41. The topological polar surface area (TPSA) is 75.7 Å². The third-order valence-corrected chi connectivity index (χ3v) is 10.2. The molecule has 3 amide bonds. The Morgan fingerprint density at radius 3 is 2.48 bits per heavy atom. The van der Waals surface area contributed by atoms with Gasteiger partial charge in [0.15, 0.2) is 0 Å². The van der Waals surface area contributed by atoms with Gasteiger partial charge in [-0.05, 0) is 0 Å². The third-order valence-electron chi connectivity index (χ3n) is 3.05. The van der Waals surface area contributed by atoms with Crippen molar-refractivity contribution in [3.63, 3.8) is 0 Å². The number of imide groups is 1. The number of amides is 3. The maximum atomic E-state index is 12.1. The molecule has 6 nitrogen and oxygen atoms in total. The van der Waals surface area contributed by atoms with Crippen molar-refractivity contribution in [3.8, 4) is 0 Å². The zero-order chi connectivity index (χ0) is 15.0. The van der Waals surface area contributed by atoms with E-state index in [0.29, 0.717) is 17.7 Å². The van der Waals surface area contributed by atoms with E-state index in [1.807, 2.05) is 0 Å². The molecule has 0 bridgehead atoms. The summed E-state index contributed by atoms with van der Waals surface area (Å²) in [5.74, 6) is -0.448. The summed E-state index contributed by atoms with van der Waals surface area (Å²) in [5.41, 5.74) is 0.684. The molecule has 1 fully saturated rings. The van der Waals surface area contributed by atoms with Crippen LogP contribution in [0, 0.1) is 0 Å². The summed E-state index contributed by atoms with van der Waals surface area (Å²) in [6.07, 6.45) is 0. The van der Waals surface area contributed by atoms with E-state index in [1.165, 1.54) is 11.4 Å². The van der Waals surface area contributed by atoms with Gasteiger partial charge >= 0.3 is 132 Å². The van der Waals surface area contributed by atoms with Crippen LogP contribution < -0.4 is 5.09 Å². The van der Waals surface area contributed by atoms with E-state index in [-0.39, 0.29) is 6.54 Å². The van der Waals surface area contributed by atoms with Gasteiger partial charge in [0.2, 0.25) is 0 Å². The average Bonchev–Trinajstić information content (AvgIpc) is 2.97. The van der Waals surface area contributed by atoms with Crippen molar-refractivity contribution in [2.45, 2.75) is 0 Å². The molecule has 1 aromatic carbocycles. The van der Waals surface area contributed by atoms with Crippen molar-refractivity contribution in [2.24, 2.45) is 0 Å². The van der Waals surface area contributed by atoms with E-state index in [0.717, 1.165) is 10.7 Å². The van der Waals surface area contributed by atoms with E-state index in [2.05, 4.69) is 20.2 Å². The van der Waals surface area contributed by atoms with Gasteiger partial charge in [0, 0.05) is 0 Å². The van der Waals surface area contributed by atoms with E-state index >= 15 is 0 Å². The number of hydrogen-bond donors (Lipinski definition) is 1. The Labute approximate surface area is 132 Å². The second-order valence-electron chi connectivity index (χ2n) is 4.44. The van der Waals surface area contributed by atoms with Gasteiger partial charge < -0.3 is 0 Å². The van der Waals surface area contributed by atoms with E-state index < -0.39 is 22.8 Å². The van der Waals surface area contributed by atoms with Crippen LogP contribution in [0.2, 0.25) is 0 Å². The first kappa shape index (κ1) is 15.0. The minimum absolute atomic E-state index is 0.292. The fourth-order valence-corrected chi connectivity index (χ4v) is 7.97. The molecule has 1 unspecified atom stereocenters. The summed E-state index contributed by atoms with van der Waals surface area (Å²) in [6, 6.07) is 6.56. The number of nitrogens with one attached hydrogen (secondary N) is 1. The molecule has 1 atom stereocenters. The van der Waals surface area contributed by atoms with Crippen LogP contribution in [-0.2, 0) is 9.32 Å². The number of rotatable bonds is 3. The Bertz CT molecular complexity index is 651. The molecule has 0 radical (unpaired) electrons. The molecule has 2 aliphatic heterocycles. The second-order valence-corrected chi connectivity index (χ2v) is 13.7. The average molecular weight is 389 g/mol. The molecule has 2 heterocycles. The molecule has 0 saturated carbocycles. The van der Waals surface area contributed by atoms with Gasteiger partial charge in [-0.25, -0.2) is 0 Å². The van der Waals surface area contributed by atoms with Crippen molar-refractivity contribution in [1.29, 1.82) is 0 Å². The molecule has 110 valence electrons. The van der Waals surface area contributed by atoms with Crippen LogP contribution in [0.4, 0.5) is 0 Å². The van der Waals surface area contributed by atoms with Gasteiger partial charge in [0.1, 0.15) is 0 Å². The number of nitrogens with zero attached hydrogens (tertiary/aromatic N) is 1. The first-order valence-electron chi connectivity index (χ1n) is 6.16. The number of fused-ring (bicyclic) bond motifs is 1. The molecular weight excluding hydrogens is 378 g/mol. The van der Waals surface area contributed by atoms with Crippen LogP contribution >= 0.6 is 16.5 Å². The Kier molecular flexibility index (Phi) is 4.08. The molecule has 1 aromatic rings. The van der Waals surface area contributed by atoms with E-state index in [1.54, 1.807) is 24.3 Å². The molecule has 2 aliphatic rings. The monoisotopic (exact) mass is 390 g/mol. The van der Waals surface area contributed by atoms with Gasteiger partial charge in [-0.3, -0.25) is 0 Å². The standard InChI is InChI=1S/C12H11N2O4PSSe/c15-10(13-19(21)18-5-6-20-19)7-14-11(16)8-3-1-2-4-9(8)12(14)17/h1-4H,5-7H2,(H,13,15,21). The summed E-state index contributed by atoms with van der Waals surface area (Å²) in [5, 5.41) is 0.658. The first-order chi connectivity index (χ1) is 10.0. The number of hydrogen-bond acceptors (Lipinski definition) is 5. The quantitative estimate of drug-likeness (QED) is 0.475. The summed E-state index contributed by atoms with van der Waals surface area (Å²) < 4.78 is 5.49. The Hall–Kier alpha value is -0.911. The molecular formula is C12H11N2O4PSSe. The van der Waals surface area contributed by atoms with E-state index in [4.69, 9.17) is 4.52 Å². The summed E-state index contributed by atoms with van der Waals surface area (Å²) in [7, 11) is 0. The molecule has 21 heavy (non-hydrogen) atoms. The molecule has 3 rings (SSSR count). The van der Waals surface area contributed by atoms with Crippen LogP contribution in [0.3, 0.4) is 0 Å². The van der Waals surface area contributed by atoms with Gasteiger partial charge in [0.25, 0.3) is 0 Å². The zero-order valence-corrected chi connectivity index (χ0v) is 14.2. The number of carbonyl (C=O) groups is 3. The van der Waals surface area contributed by atoms with Gasteiger partial charge in [0.05, 0.1) is 0 Å². The van der Waals surface area contributed by atoms with Crippen molar-refractivity contribution < 1.29 is 18.9 Å². The zero-order valence-electron chi connectivity index (χ0n) is 10.8. The molecule has 0 aliphatic carbocycles. The fourth-order valence-electron chi connectivity index (χ4n) is 2.13. The number of benzene rings is 1. The van der Waals surface area contributed by atoms with E-state index in [9.17, 15) is 14.4 Å². The molecule has 1 N–H and O–H groups in total. The van der Waals surface area contributed by atoms with Crippen LogP contribution in [0.15, 0.2) is 24.3 Å². The first-order valence-corrected chi connectivity index (χ1v) is 11.7. The van der Waals surface area contributed by atoms with Crippen molar-refractivity contribution >= 4 is 49.3 Å². The van der Waals surface area contributed by atoms with Gasteiger partial charge in [-0.1, -0.05) is 0 Å². The molecule has 0 spiro atoms. The predicted molar refractivity (Wildman–Crippen MR) is 81.0 cm³/mol. The minimum atomic E-state index is -2.10. The van der Waals surface area contributed by atoms with Gasteiger partial charge in [-0.2, -0.15) is 0 Å². The number of carbonyl (C=O) groups excluding carboxylic acids is 3. The third kappa shape index (κ3) is 2.87. The Balaban J connectivity index is 1.72. The van der Waals surface area contributed by atoms with Crippen molar-refractivity contribution in [2.75, 3.05) is 18.9 Å². The fraction of sp³-hybridized carbons (Fsp3) is 0.250. The summed E-state index contributed by atoms with van der Waals surface area (Å²) in [6.45, 7) is 0.290. The normalized spacial score (nSPS) is 24.3. The van der Waals surface area contributed by atoms with Crippen LogP contribution in [0.5, 0.6) is 0 Å². The second kappa shape index (κ2) is 5.71. The van der Waals surface area contributed by atoms with Crippen LogP contribution in [-0.4, -0.2) is 56.6 Å². The van der Waals surface area contributed by atoms with Gasteiger partial charge in [-0.15, -0.1) is 0 Å². The maximum absolute atomic E-state index is 12.1. The Morgan fingerprint density at radius 1 is 1.33 bits per heavy atom. The Morgan fingerprint density at radius 2 is 1.95 bits per heavy atom. The SMILES string of the molecule is O=C(CN1C(=O)c2ccccc2C1=O)NP1(=[Se])OCCS1. The van der Waals surface area contributed by atoms with Crippen LogP contribution in [0.1, 0.15) is 20.7 Å².